The number of rotatable bonds is 1. The van der Waals surface area contributed by atoms with Crippen LogP contribution in [-0.2, 0) is 0 Å². The van der Waals surface area contributed by atoms with Gasteiger partial charge in [0.1, 0.15) is 5.69 Å². The van der Waals surface area contributed by atoms with Crippen molar-refractivity contribution >= 4 is 17.2 Å². The van der Waals surface area contributed by atoms with E-state index in [9.17, 15) is 4.79 Å². The summed E-state index contributed by atoms with van der Waals surface area (Å²) in [7, 11) is 0. The second-order valence-electron chi connectivity index (χ2n) is 2.49. The zero-order valence-electron chi connectivity index (χ0n) is 6.27. The van der Waals surface area contributed by atoms with Crippen LogP contribution in [0.3, 0.4) is 0 Å². The summed E-state index contributed by atoms with van der Waals surface area (Å²) in [4.78, 5) is 14.4. The number of hydrogen-bond acceptors (Lipinski definition) is 3. The summed E-state index contributed by atoms with van der Waals surface area (Å²) in [5.41, 5.74) is 1.27. The molecule has 0 aliphatic rings. The highest BCUT2D eigenvalue weighted by Crippen LogP contribution is 2.13. The molecule has 2 N–H and O–H groups in total. The van der Waals surface area contributed by atoms with E-state index in [1.54, 1.807) is 24.5 Å². The fourth-order valence-electron chi connectivity index (χ4n) is 1.19. The van der Waals surface area contributed by atoms with Gasteiger partial charge in [-0.05, 0) is 12.1 Å². The van der Waals surface area contributed by atoms with Gasteiger partial charge in [-0.1, -0.05) is 0 Å². The van der Waals surface area contributed by atoms with E-state index >= 15 is 0 Å². The van der Waals surface area contributed by atoms with Gasteiger partial charge in [-0.25, -0.2) is 0 Å². The van der Waals surface area contributed by atoms with Gasteiger partial charge < -0.3 is 5.84 Å². The molecule has 0 saturated carbocycles. The quantitative estimate of drug-likeness (QED) is 0.491. The zero-order chi connectivity index (χ0) is 8.55. The molecule has 0 atom stereocenters. The Bertz CT molecular complexity index is 433. The monoisotopic (exact) mass is 161 g/mol. The molecule has 4 heteroatoms. The van der Waals surface area contributed by atoms with Crippen LogP contribution < -0.4 is 5.84 Å². The fourth-order valence-corrected chi connectivity index (χ4v) is 1.19. The standard InChI is InChI=1S/C8H7N3O/c9-11-7(5-12)3-6-4-10-2-1-8(6)11/h1-5H,9H2. The van der Waals surface area contributed by atoms with Crippen molar-refractivity contribution in [3.05, 3.63) is 30.2 Å². The van der Waals surface area contributed by atoms with Crippen LogP contribution in [0.15, 0.2) is 24.5 Å². The average Bonchev–Trinajstić information content (AvgIpc) is 2.44. The number of aromatic nitrogens is 2. The molecule has 0 bridgehead atoms. The highest BCUT2D eigenvalue weighted by Gasteiger charge is 2.03. The summed E-state index contributed by atoms with van der Waals surface area (Å²) in [6.07, 6.45) is 4.03. The van der Waals surface area contributed by atoms with E-state index in [4.69, 9.17) is 5.84 Å². The molecule has 4 nitrogen and oxygen atoms in total. The van der Waals surface area contributed by atoms with Gasteiger partial charge in [0, 0.05) is 17.8 Å². The maximum Gasteiger partial charge on any atom is 0.168 e. The first-order valence-electron chi connectivity index (χ1n) is 3.48. The summed E-state index contributed by atoms with van der Waals surface area (Å²) in [5, 5.41) is 0.877. The van der Waals surface area contributed by atoms with Crippen LogP contribution in [0.25, 0.3) is 10.9 Å². The van der Waals surface area contributed by atoms with Crippen molar-refractivity contribution in [2.24, 2.45) is 0 Å². The van der Waals surface area contributed by atoms with Crippen LogP contribution in [0.5, 0.6) is 0 Å². The lowest BCUT2D eigenvalue weighted by Gasteiger charge is -1.95. The Labute approximate surface area is 68.6 Å². The van der Waals surface area contributed by atoms with Crippen LogP contribution in [0, 0.1) is 0 Å². The minimum absolute atomic E-state index is 0.456. The third-order valence-corrected chi connectivity index (χ3v) is 1.79. The van der Waals surface area contributed by atoms with Gasteiger partial charge in [-0.3, -0.25) is 14.5 Å². The van der Waals surface area contributed by atoms with Crippen LogP contribution in [-0.4, -0.2) is 15.9 Å². The minimum Gasteiger partial charge on any atom is -0.338 e. The van der Waals surface area contributed by atoms with Crippen LogP contribution in [0.1, 0.15) is 10.5 Å². The van der Waals surface area contributed by atoms with E-state index in [2.05, 4.69) is 4.98 Å². The predicted molar refractivity (Wildman–Crippen MR) is 45.3 cm³/mol. The van der Waals surface area contributed by atoms with E-state index in [1.807, 2.05) is 0 Å². The third kappa shape index (κ3) is 0.780. The number of carbonyl (C=O) groups excluding carboxylic acids is 1. The van der Waals surface area contributed by atoms with Crippen LogP contribution >= 0.6 is 0 Å². The molecule has 2 heterocycles. The van der Waals surface area contributed by atoms with Crippen molar-refractivity contribution in [1.82, 2.24) is 9.66 Å². The Morgan fingerprint density at radius 2 is 2.42 bits per heavy atom. The normalized spacial score (nSPS) is 10.3. The summed E-state index contributed by atoms with van der Waals surface area (Å²) in [6.45, 7) is 0. The molecule has 0 aliphatic carbocycles. The molecule has 0 saturated heterocycles. The molecule has 2 rings (SSSR count). The molecule has 0 fully saturated rings. The maximum atomic E-state index is 10.5. The van der Waals surface area contributed by atoms with E-state index in [1.165, 1.54) is 4.68 Å². The number of nitrogen functional groups attached to an aromatic ring is 1. The molecule has 2 aromatic rings. The van der Waals surface area contributed by atoms with E-state index < -0.39 is 0 Å². The fraction of sp³-hybridized carbons (Fsp3) is 0. The number of hydrogen-bond donors (Lipinski definition) is 1. The van der Waals surface area contributed by atoms with Gasteiger partial charge in [0.2, 0.25) is 0 Å². The first-order valence-corrected chi connectivity index (χ1v) is 3.48. The molecule has 0 aliphatic heterocycles. The lowest BCUT2D eigenvalue weighted by Crippen LogP contribution is -2.10. The average molecular weight is 161 g/mol. The molecule has 0 unspecified atom stereocenters. The molecule has 12 heavy (non-hydrogen) atoms. The molecular formula is C8H7N3O. The second-order valence-corrected chi connectivity index (χ2v) is 2.49. The number of nitrogens with two attached hydrogens (primary N) is 1. The first kappa shape index (κ1) is 6.84. The van der Waals surface area contributed by atoms with Crippen molar-refractivity contribution in [2.75, 3.05) is 5.84 Å². The van der Waals surface area contributed by atoms with Crippen molar-refractivity contribution in [3.8, 4) is 0 Å². The SMILES string of the molecule is Nn1c(C=O)cc2cnccc21. The molecule has 0 amide bonds. The second kappa shape index (κ2) is 2.34. The van der Waals surface area contributed by atoms with Gasteiger partial charge in [-0.15, -0.1) is 0 Å². The smallest absolute Gasteiger partial charge is 0.168 e. The van der Waals surface area contributed by atoms with Gasteiger partial charge in [0.05, 0.1) is 5.52 Å². The molecule has 60 valence electrons. The topological polar surface area (TPSA) is 60.9 Å². The number of pyridine rings is 1. The van der Waals surface area contributed by atoms with Gasteiger partial charge >= 0.3 is 0 Å². The van der Waals surface area contributed by atoms with Crippen LogP contribution in [0.2, 0.25) is 0 Å². The largest absolute Gasteiger partial charge is 0.338 e. The van der Waals surface area contributed by atoms with Gasteiger partial charge in [-0.2, -0.15) is 0 Å². The molecule has 2 aromatic heterocycles. The zero-order valence-corrected chi connectivity index (χ0v) is 6.27. The highest BCUT2D eigenvalue weighted by molar-refractivity contribution is 5.88. The van der Waals surface area contributed by atoms with Gasteiger partial charge in [0.25, 0.3) is 0 Å². The van der Waals surface area contributed by atoms with E-state index in [-0.39, 0.29) is 0 Å². The lowest BCUT2D eigenvalue weighted by molar-refractivity contribution is 0.111. The summed E-state index contributed by atoms with van der Waals surface area (Å²) < 4.78 is 1.35. The number of nitrogens with zero attached hydrogens (tertiary/aromatic N) is 2. The summed E-state index contributed by atoms with van der Waals surface area (Å²) >= 11 is 0. The van der Waals surface area contributed by atoms with Crippen LogP contribution in [0.4, 0.5) is 0 Å². The Balaban J connectivity index is 2.87. The molecule has 0 spiro atoms. The Hall–Kier alpha value is -1.84. The van der Waals surface area contributed by atoms with Crippen molar-refractivity contribution in [2.45, 2.75) is 0 Å². The number of aldehydes is 1. The van der Waals surface area contributed by atoms with E-state index in [0.717, 1.165) is 17.2 Å². The van der Waals surface area contributed by atoms with Crippen molar-refractivity contribution in [3.63, 3.8) is 0 Å². The van der Waals surface area contributed by atoms with E-state index in [0.29, 0.717) is 5.69 Å². The number of carbonyl (C=O) groups is 1. The predicted octanol–water partition coefficient (Wildman–Crippen LogP) is 0.563. The summed E-state index contributed by atoms with van der Waals surface area (Å²) in [6, 6.07) is 3.47. The molecule has 0 radical (unpaired) electrons. The first-order chi connectivity index (χ1) is 5.83. The van der Waals surface area contributed by atoms with Crippen molar-refractivity contribution in [1.29, 1.82) is 0 Å². The Kier molecular flexibility index (Phi) is 1.33. The molecular weight excluding hydrogens is 154 g/mol. The minimum atomic E-state index is 0.456. The number of fused-ring (bicyclic) bond motifs is 1. The maximum absolute atomic E-state index is 10.5. The van der Waals surface area contributed by atoms with Gasteiger partial charge in [0.15, 0.2) is 6.29 Å². The Morgan fingerprint density at radius 1 is 1.58 bits per heavy atom. The molecule has 0 aromatic carbocycles. The van der Waals surface area contributed by atoms with Crippen molar-refractivity contribution < 1.29 is 4.79 Å². The Morgan fingerprint density at radius 3 is 3.08 bits per heavy atom. The highest BCUT2D eigenvalue weighted by atomic mass is 16.1. The lowest BCUT2D eigenvalue weighted by atomic mass is 10.3. The summed E-state index contributed by atoms with van der Waals surface area (Å²) in [5.74, 6) is 5.61. The third-order valence-electron chi connectivity index (χ3n) is 1.79.